The quantitative estimate of drug-likeness (QED) is 0.670. The van der Waals surface area contributed by atoms with Gasteiger partial charge in [0.15, 0.2) is 0 Å². The molecule has 0 saturated heterocycles. The van der Waals surface area contributed by atoms with Gasteiger partial charge in [-0.25, -0.2) is 17.5 Å². The van der Waals surface area contributed by atoms with Gasteiger partial charge in [-0.2, -0.15) is 0 Å². The standard InChI is InChI=1S/C12H18FN3O3S/c1-8(2)16-12(17)5-6-15-20(18,19)11-4-3-9(13)7-10(11)14/h3-4,7-8,15H,5-6,14H2,1-2H3,(H,16,17). The number of nitrogens with one attached hydrogen (secondary N) is 2. The van der Waals surface area contributed by atoms with Crippen molar-refractivity contribution < 1.29 is 17.6 Å². The molecule has 112 valence electrons. The number of halogens is 1. The second-order valence-corrected chi connectivity index (χ2v) is 6.29. The molecule has 0 aliphatic carbocycles. The summed E-state index contributed by atoms with van der Waals surface area (Å²) in [6.45, 7) is 3.56. The molecule has 0 radical (unpaired) electrons. The van der Waals surface area contributed by atoms with E-state index in [2.05, 4.69) is 10.0 Å². The number of benzene rings is 1. The predicted octanol–water partition coefficient (Wildman–Crippen LogP) is 0.601. The molecule has 0 atom stereocenters. The van der Waals surface area contributed by atoms with Crippen LogP contribution in [0, 0.1) is 5.82 Å². The van der Waals surface area contributed by atoms with E-state index in [1.165, 1.54) is 0 Å². The Morgan fingerprint density at radius 2 is 2.05 bits per heavy atom. The van der Waals surface area contributed by atoms with Gasteiger partial charge in [0.25, 0.3) is 0 Å². The lowest BCUT2D eigenvalue weighted by atomic mass is 10.3. The number of sulfonamides is 1. The van der Waals surface area contributed by atoms with Gasteiger partial charge in [0, 0.05) is 19.0 Å². The van der Waals surface area contributed by atoms with Crippen LogP contribution in [-0.2, 0) is 14.8 Å². The third kappa shape index (κ3) is 4.78. The van der Waals surface area contributed by atoms with Gasteiger partial charge < -0.3 is 11.1 Å². The average Bonchev–Trinajstić information content (AvgIpc) is 2.26. The van der Waals surface area contributed by atoms with Crippen LogP contribution < -0.4 is 15.8 Å². The molecule has 1 rings (SSSR count). The van der Waals surface area contributed by atoms with Gasteiger partial charge in [-0.05, 0) is 32.0 Å². The minimum Gasteiger partial charge on any atom is -0.398 e. The van der Waals surface area contributed by atoms with Crippen molar-refractivity contribution in [3.63, 3.8) is 0 Å². The molecule has 8 heteroatoms. The normalized spacial score (nSPS) is 11.6. The minimum absolute atomic E-state index is 0.00755. The third-order valence-corrected chi connectivity index (χ3v) is 3.89. The fourth-order valence-electron chi connectivity index (χ4n) is 1.53. The first-order valence-electron chi connectivity index (χ1n) is 6.06. The number of hydrogen-bond acceptors (Lipinski definition) is 4. The summed E-state index contributed by atoms with van der Waals surface area (Å²) in [5.74, 6) is -0.868. The van der Waals surface area contributed by atoms with Crippen molar-refractivity contribution in [1.29, 1.82) is 0 Å². The summed E-state index contributed by atoms with van der Waals surface area (Å²) in [7, 11) is -3.85. The van der Waals surface area contributed by atoms with Crippen LogP contribution in [0.4, 0.5) is 10.1 Å². The molecule has 0 fully saturated rings. The summed E-state index contributed by atoms with van der Waals surface area (Å²) in [6.07, 6.45) is 0.0124. The highest BCUT2D eigenvalue weighted by atomic mass is 32.2. The number of carbonyl (C=O) groups is 1. The van der Waals surface area contributed by atoms with E-state index in [-0.39, 0.29) is 35.5 Å². The van der Waals surface area contributed by atoms with Gasteiger partial charge in [0.1, 0.15) is 10.7 Å². The van der Waals surface area contributed by atoms with Crippen LogP contribution in [0.15, 0.2) is 23.1 Å². The van der Waals surface area contributed by atoms with Crippen molar-refractivity contribution in [2.45, 2.75) is 31.2 Å². The van der Waals surface area contributed by atoms with E-state index in [9.17, 15) is 17.6 Å². The minimum atomic E-state index is -3.85. The average molecular weight is 303 g/mol. The fourth-order valence-corrected chi connectivity index (χ4v) is 2.68. The maximum atomic E-state index is 12.9. The molecule has 0 unspecified atom stereocenters. The molecule has 0 saturated carbocycles. The van der Waals surface area contributed by atoms with Gasteiger partial charge in [0.05, 0.1) is 5.69 Å². The zero-order valence-corrected chi connectivity index (χ0v) is 12.1. The molecule has 1 amide bonds. The van der Waals surface area contributed by atoms with Crippen molar-refractivity contribution in [1.82, 2.24) is 10.0 Å². The first-order valence-corrected chi connectivity index (χ1v) is 7.55. The zero-order chi connectivity index (χ0) is 15.3. The van der Waals surface area contributed by atoms with E-state index in [0.717, 1.165) is 18.2 Å². The maximum absolute atomic E-state index is 12.9. The maximum Gasteiger partial charge on any atom is 0.242 e. The molecule has 4 N–H and O–H groups in total. The van der Waals surface area contributed by atoms with Crippen LogP contribution in [0.3, 0.4) is 0 Å². The van der Waals surface area contributed by atoms with Crippen LogP contribution in [-0.4, -0.2) is 26.9 Å². The number of rotatable bonds is 6. The fraction of sp³-hybridized carbons (Fsp3) is 0.417. The van der Waals surface area contributed by atoms with E-state index < -0.39 is 15.8 Å². The first kappa shape index (κ1) is 16.4. The number of amides is 1. The Bertz CT molecular complexity index is 588. The SMILES string of the molecule is CC(C)NC(=O)CCNS(=O)(=O)c1ccc(F)cc1N. The second kappa shape index (κ2) is 6.67. The number of carbonyl (C=O) groups excluding carboxylic acids is 1. The molecular weight excluding hydrogens is 285 g/mol. The molecule has 20 heavy (non-hydrogen) atoms. The first-order chi connectivity index (χ1) is 9.22. The van der Waals surface area contributed by atoms with Gasteiger partial charge >= 0.3 is 0 Å². The van der Waals surface area contributed by atoms with Crippen molar-refractivity contribution in [2.24, 2.45) is 0 Å². The number of nitrogen functional groups attached to an aromatic ring is 1. The Morgan fingerprint density at radius 1 is 1.40 bits per heavy atom. The topological polar surface area (TPSA) is 101 Å². The number of nitrogens with two attached hydrogens (primary N) is 1. The molecule has 6 nitrogen and oxygen atoms in total. The highest BCUT2D eigenvalue weighted by Gasteiger charge is 2.17. The van der Waals surface area contributed by atoms with Crippen LogP contribution in [0.5, 0.6) is 0 Å². The summed E-state index contributed by atoms with van der Waals surface area (Å²) in [5.41, 5.74) is 5.29. The van der Waals surface area contributed by atoms with Gasteiger partial charge in [-0.15, -0.1) is 0 Å². The van der Waals surface area contributed by atoms with Crippen LogP contribution in [0.2, 0.25) is 0 Å². The summed E-state index contributed by atoms with van der Waals surface area (Å²) < 4.78 is 39.0. The largest absolute Gasteiger partial charge is 0.398 e. The van der Waals surface area contributed by atoms with Crippen molar-refractivity contribution in [2.75, 3.05) is 12.3 Å². The molecule has 0 heterocycles. The summed E-state index contributed by atoms with van der Waals surface area (Å²) >= 11 is 0. The Balaban J connectivity index is 2.64. The molecule has 0 aromatic heterocycles. The highest BCUT2D eigenvalue weighted by Crippen LogP contribution is 2.18. The van der Waals surface area contributed by atoms with Crippen LogP contribution >= 0.6 is 0 Å². The molecule has 0 spiro atoms. The van der Waals surface area contributed by atoms with E-state index in [1.807, 2.05) is 0 Å². The molecule has 0 aliphatic heterocycles. The molecular formula is C12H18FN3O3S. The lowest BCUT2D eigenvalue weighted by molar-refractivity contribution is -0.121. The molecule has 0 bridgehead atoms. The third-order valence-electron chi connectivity index (χ3n) is 2.36. The van der Waals surface area contributed by atoms with Crippen molar-refractivity contribution in [3.8, 4) is 0 Å². The van der Waals surface area contributed by atoms with E-state index in [1.54, 1.807) is 13.8 Å². The summed E-state index contributed by atoms with van der Waals surface area (Å²) in [6, 6.07) is 3.02. The van der Waals surface area contributed by atoms with Gasteiger partial charge in [-0.3, -0.25) is 4.79 Å². The Labute approximate surface area is 117 Å². The number of anilines is 1. The molecule has 1 aromatic carbocycles. The Hall–Kier alpha value is -1.67. The van der Waals surface area contributed by atoms with E-state index >= 15 is 0 Å². The number of hydrogen-bond donors (Lipinski definition) is 3. The molecule has 0 aliphatic rings. The highest BCUT2D eigenvalue weighted by molar-refractivity contribution is 7.89. The smallest absolute Gasteiger partial charge is 0.242 e. The lowest BCUT2D eigenvalue weighted by Crippen LogP contribution is -2.34. The second-order valence-electron chi connectivity index (χ2n) is 4.55. The lowest BCUT2D eigenvalue weighted by Gasteiger charge is -2.10. The van der Waals surface area contributed by atoms with E-state index in [4.69, 9.17) is 5.73 Å². The van der Waals surface area contributed by atoms with Crippen molar-refractivity contribution >= 4 is 21.6 Å². The molecule has 1 aromatic rings. The Kier molecular flexibility index (Phi) is 5.46. The van der Waals surface area contributed by atoms with Crippen molar-refractivity contribution in [3.05, 3.63) is 24.0 Å². The Morgan fingerprint density at radius 3 is 2.60 bits per heavy atom. The zero-order valence-electron chi connectivity index (χ0n) is 11.3. The van der Waals surface area contributed by atoms with Gasteiger partial charge in [-0.1, -0.05) is 0 Å². The monoisotopic (exact) mass is 303 g/mol. The van der Waals surface area contributed by atoms with Crippen LogP contribution in [0.25, 0.3) is 0 Å². The van der Waals surface area contributed by atoms with Crippen LogP contribution in [0.1, 0.15) is 20.3 Å². The predicted molar refractivity (Wildman–Crippen MR) is 73.9 cm³/mol. The van der Waals surface area contributed by atoms with E-state index in [0.29, 0.717) is 0 Å². The summed E-state index contributed by atoms with van der Waals surface area (Å²) in [5, 5.41) is 2.64. The van der Waals surface area contributed by atoms with Gasteiger partial charge in [0.2, 0.25) is 15.9 Å². The summed E-state index contributed by atoms with van der Waals surface area (Å²) in [4.78, 5) is 11.2.